The van der Waals surface area contributed by atoms with Crippen LogP contribution in [0.25, 0.3) is 0 Å². The summed E-state index contributed by atoms with van der Waals surface area (Å²) in [5, 5.41) is 18.3. The third kappa shape index (κ3) is 1.51. The van der Waals surface area contributed by atoms with Gasteiger partial charge in [-0.2, -0.15) is 5.26 Å². The van der Waals surface area contributed by atoms with E-state index in [1.807, 2.05) is 30.3 Å². The number of nitrogens with zero attached hydrogens (tertiary/aromatic N) is 2. The average Bonchev–Trinajstić information content (AvgIpc) is 2.59. The molecule has 0 radical (unpaired) electrons. The van der Waals surface area contributed by atoms with Gasteiger partial charge in [-0.15, -0.1) is 0 Å². The molecule has 1 aliphatic rings. The molecule has 1 aromatic rings. The number of aliphatic hydroxyl groups is 1. The molecule has 1 unspecified atom stereocenters. The molecule has 2 rings (SSSR count). The summed E-state index contributed by atoms with van der Waals surface area (Å²) in [4.78, 5) is 13.8. The molecule has 17 heavy (non-hydrogen) atoms. The van der Waals surface area contributed by atoms with Crippen molar-refractivity contribution in [2.45, 2.75) is 18.3 Å². The second kappa shape index (κ2) is 4.19. The van der Waals surface area contributed by atoms with Gasteiger partial charge in [0.25, 0.3) is 0 Å². The van der Waals surface area contributed by atoms with Crippen molar-refractivity contribution in [3.8, 4) is 6.07 Å². The number of para-hydroxylation sites is 1. The minimum Gasteiger partial charge on any atom is -0.395 e. The largest absolute Gasteiger partial charge is 0.395 e. The van der Waals surface area contributed by atoms with E-state index in [2.05, 4.69) is 0 Å². The van der Waals surface area contributed by atoms with Gasteiger partial charge >= 0.3 is 0 Å². The van der Waals surface area contributed by atoms with Gasteiger partial charge in [-0.05, 0) is 18.1 Å². The summed E-state index contributed by atoms with van der Waals surface area (Å²) in [7, 11) is 1.70. The Balaban J connectivity index is 2.53. The van der Waals surface area contributed by atoms with Crippen LogP contribution in [0, 0.1) is 11.3 Å². The fourth-order valence-electron chi connectivity index (χ4n) is 2.46. The molecule has 1 aliphatic heterocycles. The molecular formula is C13H14N2O2. The van der Waals surface area contributed by atoms with Crippen LogP contribution in [0.15, 0.2) is 24.3 Å². The van der Waals surface area contributed by atoms with Crippen molar-refractivity contribution in [3.63, 3.8) is 0 Å². The molecule has 88 valence electrons. The van der Waals surface area contributed by atoms with E-state index >= 15 is 0 Å². The summed E-state index contributed by atoms with van der Waals surface area (Å²) < 4.78 is 0. The molecule has 0 aliphatic carbocycles. The van der Waals surface area contributed by atoms with E-state index in [9.17, 15) is 9.90 Å². The lowest BCUT2D eigenvalue weighted by atomic mass is 9.78. The number of amides is 1. The van der Waals surface area contributed by atoms with Gasteiger partial charge in [0, 0.05) is 19.2 Å². The number of hydrogen-bond acceptors (Lipinski definition) is 3. The summed E-state index contributed by atoms with van der Waals surface area (Å²) in [6.07, 6.45) is 0.620. The zero-order valence-electron chi connectivity index (χ0n) is 9.68. The summed E-state index contributed by atoms with van der Waals surface area (Å²) in [6, 6.07) is 9.46. The fraction of sp³-hybridized carbons (Fsp3) is 0.385. The van der Waals surface area contributed by atoms with Crippen molar-refractivity contribution in [1.82, 2.24) is 0 Å². The Labute approximate surface area is 100 Å². The Hall–Kier alpha value is -1.86. The van der Waals surface area contributed by atoms with Crippen molar-refractivity contribution < 1.29 is 9.90 Å². The quantitative estimate of drug-likeness (QED) is 0.848. The van der Waals surface area contributed by atoms with Gasteiger partial charge in [0.05, 0.1) is 12.7 Å². The van der Waals surface area contributed by atoms with Gasteiger partial charge in [0.1, 0.15) is 5.41 Å². The highest BCUT2D eigenvalue weighted by atomic mass is 16.3. The molecule has 0 aromatic heterocycles. The normalized spacial score (nSPS) is 22.4. The maximum Gasteiger partial charge on any atom is 0.239 e. The molecule has 4 heteroatoms. The molecule has 0 saturated heterocycles. The van der Waals surface area contributed by atoms with E-state index in [0.29, 0.717) is 6.42 Å². The number of carbonyl (C=O) groups is 1. The predicted molar refractivity (Wildman–Crippen MR) is 63.5 cm³/mol. The lowest BCUT2D eigenvalue weighted by Gasteiger charge is -2.24. The first-order chi connectivity index (χ1) is 8.17. The van der Waals surface area contributed by atoms with Crippen LogP contribution in [0.4, 0.5) is 5.69 Å². The van der Waals surface area contributed by atoms with E-state index in [0.717, 1.165) is 11.3 Å². The number of aliphatic hydroxyl groups excluding tert-OH is 1. The van der Waals surface area contributed by atoms with Gasteiger partial charge in [-0.25, -0.2) is 0 Å². The van der Waals surface area contributed by atoms with Crippen LogP contribution >= 0.6 is 0 Å². The summed E-state index contributed by atoms with van der Waals surface area (Å²) in [5.41, 5.74) is 0.718. The van der Waals surface area contributed by atoms with Crippen LogP contribution in [-0.2, 0) is 10.2 Å². The van der Waals surface area contributed by atoms with Crippen molar-refractivity contribution in [2.24, 2.45) is 0 Å². The molecule has 0 saturated carbocycles. The number of carbonyl (C=O) groups excluding carboxylic acids is 1. The number of hydrogen-bond donors (Lipinski definition) is 1. The minimum absolute atomic E-state index is 0.128. The number of nitriles is 1. The van der Waals surface area contributed by atoms with Crippen LogP contribution in [0.1, 0.15) is 18.4 Å². The first kappa shape index (κ1) is 11.6. The van der Waals surface area contributed by atoms with Gasteiger partial charge in [-0.1, -0.05) is 18.2 Å². The summed E-state index contributed by atoms with van der Waals surface area (Å²) in [5.74, 6) is -0.128. The molecule has 0 fully saturated rings. The standard InChI is InChI=1S/C13H14N2O2/c1-15-11-6-3-2-5-10(11)13(9-16,12(15)17)7-4-8-14/h2-3,5-6,16H,4,7,9H2,1H3. The molecule has 1 atom stereocenters. The average molecular weight is 230 g/mol. The lowest BCUT2D eigenvalue weighted by Crippen LogP contribution is -2.41. The maximum atomic E-state index is 12.3. The third-order valence-corrected chi connectivity index (χ3v) is 3.43. The zero-order chi connectivity index (χ0) is 12.5. The maximum absolute atomic E-state index is 12.3. The lowest BCUT2D eigenvalue weighted by molar-refractivity contribution is -0.124. The van der Waals surface area contributed by atoms with Crippen LogP contribution in [0.2, 0.25) is 0 Å². The molecular weight excluding hydrogens is 216 g/mol. The highest BCUT2D eigenvalue weighted by Gasteiger charge is 2.48. The molecule has 1 N–H and O–H groups in total. The number of anilines is 1. The minimum atomic E-state index is -0.929. The van der Waals surface area contributed by atoms with Crippen LogP contribution in [-0.4, -0.2) is 24.7 Å². The fourth-order valence-corrected chi connectivity index (χ4v) is 2.46. The molecule has 0 bridgehead atoms. The topological polar surface area (TPSA) is 64.3 Å². The third-order valence-electron chi connectivity index (χ3n) is 3.43. The summed E-state index contributed by atoms with van der Waals surface area (Å²) >= 11 is 0. The second-order valence-corrected chi connectivity index (χ2v) is 4.28. The number of likely N-dealkylation sites (N-methyl/N-ethyl adjacent to an activating group) is 1. The van der Waals surface area contributed by atoms with E-state index in [1.165, 1.54) is 0 Å². The van der Waals surface area contributed by atoms with Crippen molar-refractivity contribution in [3.05, 3.63) is 29.8 Å². The Kier molecular flexibility index (Phi) is 2.86. The highest BCUT2D eigenvalue weighted by molar-refractivity contribution is 6.07. The Bertz CT molecular complexity index is 492. The van der Waals surface area contributed by atoms with Crippen molar-refractivity contribution in [1.29, 1.82) is 5.26 Å². The van der Waals surface area contributed by atoms with E-state index in [-0.39, 0.29) is 18.9 Å². The van der Waals surface area contributed by atoms with Crippen molar-refractivity contribution in [2.75, 3.05) is 18.6 Å². The van der Waals surface area contributed by atoms with E-state index in [1.54, 1.807) is 11.9 Å². The molecule has 4 nitrogen and oxygen atoms in total. The van der Waals surface area contributed by atoms with E-state index < -0.39 is 5.41 Å². The monoisotopic (exact) mass is 230 g/mol. The van der Waals surface area contributed by atoms with Gasteiger partial charge < -0.3 is 10.0 Å². The first-order valence-corrected chi connectivity index (χ1v) is 5.53. The molecule has 1 amide bonds. The first-order valence-electron chi connectivity index (χ1n) is 5.53. The SMILES string of the molecule is CN1C(=O)C(CO)(CCC#N)c2ccccc21. The number of fused-ring (bicyclic) bond motifs is 1. The molecule has 1 heterocycles. The smallest absolute Gasteiger partial charge is 0.239 e. The Morgan fingerprint density at radius 3 is 2.82 bits per heavy atom. The molecule has 0 spiro atoms. The number of rotatable bonds is 3. The zero-order valence-corrected chi connectivity index (χ0v) is 9.68. The van der Waals surface area contributed by atoms with Crippen LogP contribution < -0.4 is 4.90 Å². The Morgan fingerprint density at radius 2 is 2.18 bits per heavy atom. The second-order valence-electron chi connectivity index (χ2n) is 4.28. The van der Waals surface area contributed by atoms with Gasteiger partial charge in [0.15, 0.2) is 0 Å². The van der Waals surface area contributed by atoms with Gasteiger partial charge in [-0.3, -0.25) is 4.79 Å². The van der Waals surface area contributed by atoms with Gasteiger partial charge in [0.2, 0.25) is 5.91 Å². The van der Waals surface area contributed by atoms with Crippen LogP contribution in [0.5, 0.6) is 0 Å². The number of benzene rings is 1. The van der Waals surface area contributed by atoms with Crippen LogP contribution in [0.3, 0.4) is 0 Å². The Morgan fingerprint density at radius 1 is 1.47 bits per heavy atom. The molecule has 1 aromatic carbocycles. The van der Waals surface area contributed by atoms with Crippen molar-refractivity contribution >= 4 is 11.6 Å². The predicted octanol–water partition coefficient (Wildman–Crippen LogP) is 1.20. The highest BCUT2D eigenvalue weighted by Crippen LogP contribution is 2.43. The van der Waals surface area contributed by atoms with E-state index in [4.69, 9.17) is 5.26 Å². The summed E-state index contributed by atoms with van der Waals surface area (Å²) in [6.45, 7) is -0.255.